The molecule has 0 saturated carbocycles. The van der Waals surface area contributed by atoms with Gasteiger partial charge < -0.3 is 4.84 Å². The first-order valence-corrected chi connectivity index (χ1v) is 5.06. The molecule has 1 rings (SSSR count). The molecule has 0 heterocycles. The van der Waals surface area contributed by atoms with Crippen molar-refractivity contribution in [3.63, 3.8) is 0 Å². The minimum absolute atomic E-state index is 0.698. The lowest BCUT2D eigenvalue weighted by molar-refractivity contribution is 0.0462. The number of rotatable bonds is 4. The highest BCUT2D eigenvalue weighted by Crippen LogP contribution is 2.14. The van der Waals surface area contributed by atoms with Crippen LogP contribution in [0.1, 0.15) is 29.2 Å². The quantitative estimate of drug-likeness (QED) is 0.586. The Kier molecular flexibility index (Phi) is 4.11. The lowest BCUT2D eigenvalue weighted by Crippen LogP contribution is -2.14. The molecule has 1 aromatic carbocycles. The van der Waals surface area contributed by atoms with E-state index in [1.807, 2.05) is 6.92 Å². The molecule has 0 atom stereocenters. The summed E-state index contributed by atoms with van der Waals surface area (Å²) >= 11 is 0. The first-order valence-electron chi connectivity index (χ1n) is 5.06. The van der Waals surface area contributed by atoms with Gasteiger partial charge in [-0.05, 0) is 49.9 Å². The van der Waals surface area contributed by atoms with E-state index in [1.54, 1.807) is 0 Å². The normalized spacial score (nSPS) is 10.6. The molecule has 0 aromatic heterocycles. The highest BCUT2D eigenvalue weighted by atomic mass is 16.6. The van der Waals surface area contributed by atoms with Gasteiger partial charge >= 0.3 is 0 Å². The van der Waals surface area contributed by atoms with E-state index in [4.69, 9.17) is 4.84 Å². The second-order valence-corrected chi connectivity index (χ2v) is 3.62. The third kappa shape index (κ3) is 2.82. The summed E-state index contributed by atoms with van der Waals surface area (Å²) in [6.07, 6.45) is 0. The van der Waals surface area contributed by atoms with Crippen LogP contribution in [0.5, 0.6) is 0 Å². The fraction of sp³-hybridized carbons (Fsp3) is 0.500. The number of hydrogen-bond donors (Lipinski definition) is 1. The average molecular weight is 193 g/mol. The Labute approximate surface area is 86.2 Å². The second kappa shape index (κ2) is 5.13. The molecule has 1 N–H and O–H groups in total. The summed E-state index contributed by atoms with van der Waals surface area (Å²) in [5.74, 6) is 0. The van der Waals surface area contributed by atoms with Crippen LogP contribution in [0.2, 0.25) is 0 Å². The van der Waals surface area contributed by atoms with Gasteiger partial charge in [-0.2, -0.15) is 5.48 Å². The van der Waals surface area contributed by atoms with Gasteiger partial charge in [-0.25, -0.2) is 0 Å². The van der Waals surface area contributed by atoms with Crippen molar-refractivity contribution in [1.82, 2.24) is 5.48 Å². The molecule has 0 fully saturated rings. The number of hydrogen-bond acceptors (Lipinski definition) is 2. The Balaban J connectivity index is 2.72. The SMILES string of the molecule is CCONCc1cc(C)c(C)cc1C. The molecule has 0 amide bonds. The highest BCUT2D eigenvalue weighted by molar-refractivity contribution is 5.36. The van der Waals surface area contributed by atoms with Gasteiger partial charge in [0.05, 0.1) is 6.61 Å². The van der Waals surface area contributed by atoms with E-state index < -0.39 is 0 Å². The first kappa shape index (κ1) is 11.2. The summed E-state index contributed by atoms with van der Waals surface area (Å²) in [5.41, 5.74) is 8.25. The summed E-state index contributed by atoms with van der Waals surface area (Å²) in [7, 11) is 0. The van der Waals surface area contributed by atoms with Crippen molar-refractivity contribution in [2.45, 2.75) is 34.2 Å². The van der Waals surface area contributed by atoms with Crippen molar-refractivity contribution in [3.05, 3.63) is 34.4 Å². The van der Waals surface area contributed by atoms with E-state index in [0.717, 1.165) is 6.54 Å². The minimum Gasteiger partial charge on any atom is -0.302 e. The second-order valence-electron chi connectivity index (χ2n) is 3.62. The fourth-order valence-electron chi connectivity index (χ4n) is 1.44. The van der Waals surface area contributed by atoms with Crippen LogP contribution < -0.4 is 5.48 Å². The lowest BCUT2D eigenvalue weighted by Gasteiger charge is -2.10. The van der Waals surface area contributed by atoms with E-state index in [0.29, 0.717) is 6.61 Å². The van der Waals surface area contributed by atoms with Crippen molar-refractivity contribution in [3.8, 4) is 0 Å². The van der Waals surface area contributed by atoms with Gasteiger partial charge in [0, 0.05) is 6.54 Å². The monoisotopic (exact) mass is 193 g/mol. The third-order valence-corrected chi connectivity index (χ3v) is 2.46. The molecule has 78 valence electrons. The summed E-state index contributed by atoms with van der Waals surface area (Å²) in [6, 6.07) is 4.44. The van der Waals surface area contributed by atoms with Gasteiger partial charge in [0.15, 0.2) is 0 Å². The summed E-state index contributed by atoms with van der Waals surface area (Å²) in [6.45, 7) is 9.86. The standard InChI is InChI=1S/C12H19NO/c1-5-14-13-8-12-7-10(3)9(2)6-11(12)4/h6-7,13H,5,8H2,1-4H3. The Hall–Kier alpha value is -0.860. The molecular formula is C12H19NO. The summed E-state index contributed by atoms with van der Waals surface area (Å²) in [5, 5.41) is 0. The largest absolute Gasteiger partial charge is 0.302 e. The van der Waals surface area contributed by atoms with E-state index in [1.165, 1.54) is 22.3 Å². The highest BCUT2D eigenvalue weighted by Gasteiger charge is 2.01. The zero-order valence-corrected chi connectivity index (χ0v) is 9.48. The molecular weight excluding hydrogens is 174 g/mol. The topological polar surface area (TPSA) is 21.3 Å². The molecule has 14 heavy (non-hydrogen) atoms. The van der Waals surface area contributed by atoms with Gasteiger partial charge in [0.2, 0.25) is 0 Å². The van der Waals surface area contributed by atoms with Crippen LogP contribution in [0.4, 0.5) is 0 Å². The summed E-state index contributed by atoms with van der Waals surface area (Å²) in [4.78, 5) is 5.11. The van der Waals surface area contributed by atoms with Gasteiger partial charge in [0.25, 0.3) is 0 Å². The van der Waals surface area contributed by atoms with Gasteiger partial charge in [-0.15, -0.1) is 0 Å². The van der Waals surface area contributed by atoms with E-state index in [-0.39, 0.29) is 0 Å². The van der Waals surface area contributed by atoms with E-state index >= 15 is 0 Å². The predicted octanol–water partition coefficient (Wildman–Crippen LogP) is 2.65. The molecule has 0 spiro atoms. The molecule has 0 aliphatic carbocycles. The molecule has 0 aliphatic heterocycles. The first-order chi connectivity index (χ1) is 6.65. The smallest absolute Gasteiger partial charge is 0.0654 e. The molecule has 1 aromatic rings. The fourth-order valence-corrected chi connectivity index (χ4v) is 1.44. The van der Waals surface area contributed by atoms with Crippen LogP contribution >= 0.6 is 0 Å². The maximum atomic E-state index is 5.11. The molecule has 2 nitrogen and oxygen atoms in total. The van der Waals surface area contributed by atoms with Crippen molar-refractivity contribution in [1.29, 1.82) is 0 Å². The molecule has 0 bridgehead atoms. The summed E-state index contributed by atoms with van der Waals surface area (Å²) < 4.78 is 0. The predicted molar refractivity (Wildman–Crippen MR) is 59.1 cm³/mol. The van der Waals surface area contributed by atoms with Crippen LogP contribution in [0, 0.1) is 20.8 Å². The maximum Gasteiger partial charge on any atom is 0.0654 e. The van der Waals surface area contributed by atoms with Gasteiger partial charge in [-0.3, -0.25) is 0 Å². The van der Waals surface area contributed by atoms with Gasteiger partial charge in [0.1, 0.15) is 0 Å². The van der Waals surface area contributed by atoms with Crippen LogP contribution in [-0.2, 0) is 11.4 Å². The number of benzene rings is 1. The minimum atomic E-state index is 0.698. The Morgan fingerprint density at radius 1 is 1.07 bits per heavy atom. The van der Waals surface area contributed by atoms with E-state index in [2.05, 4.69) is 38.4 Å². The Morgan fingerprint density at radius 2 is 1.71 bits per heavy atom. The zero-order valence-electron chi connectivity index (χ0n) is 9.48. The lowest BCUT2D eigenvalue weighted by atomic mass is 10.0. The van der Waals surface area contributed by atoms with Crippen molar-refractivity contribution in [2.24, 2.45) is 0 Å². The van der Waals surface area contributed by atoms with Crippen LogP contribution in [0.15, 0.2) is 12.1 Å². The molecule has 0 unspecified atom stereocenters. The third-order valence-electron chi connectivity index (χ3n) is 2.46. The van der Waals surface area contributed by atoms with E-state index in [9.17, 15) is 0 Å². The van der Waals surface area contributed by atoms with Gasteiger partial charge in [-0.1, -0.05) is 12.1 Å². The number of nitrogens with one attached hydrogen (secondary N) is 1. The molecule has 0 aliphatic rings. The molecule has 2 heteroatoms. The van der Waals surface area contributed by atoms with Crippen molar-refractivity contribution in [2.75, 3.05) is 6.61 Å². The van der Waals surface area contributed by atoms with Crippen LogP contribution in [-0.4, -0.2) is 6.61 Å². The average Bonchev–Trinajstić information content (AvgIpc) is 2.14. The number of aryl methyl sites for hydroxylation is 3. The van der Waals surface area contributed by atoms with Crippen molar-refractivity contribution < 1.29 is 4.84 Å². The Morgan fingerprint density at radius 3 is 2.36 bits per heavy atom. The number of hydroxylamine groups is 1. The molecule has 0 radical (unpaired) electrons. The molecule has 0 saturated heterocycles. The Bertz CT molecular complexity index is 307. The van der Waals surface area contributed by atoms with Crippen LogP contribution in [0.3, 0.4) is 0 Å². The van der Waals surface area contributed by atoms with Crippen molar-refractivity contribution >= 4 is 0 Å². The zero-order chi connectivity index (χ0) is 10.6. The maximum absolute atomic E-state index is 5.11. The van der Waals surface area contributed by atoms with Crippen LogP contribution in [0.25, 0.3) is 0 Å².